The standard InChI is InChI=1S/C19H20ClF3N2O3S/c1-29(27,28)25(15-9-10-17(20)16(12-15)19(21,22)23)13-18(26)24-11-5-8-14-6-3-2-4-7-14/h2-4,6-7,9-10,12H,5,8,11,13H2,1H3,(H,24,26). The van der Waals surface area contributed by atoms with Crippen molar-refractivity contribution < 1.29 is 26.4 Å². The van der Waals surface area contributed by atoms with Crippen LogP contribution in [0.4, 0.5) is 18.9 Å². The summed E-state index contributed by atoms with van der Waals surface area (Å²) in [5, 5.41) is 2.03. The average Bonchev–Trinajstić information content (AvgIpc) is 2.63. The van der Waals surface area contributed by atoms with Crippen LogP contribution in [-0.4, -0.2) is 33.7 Å². The highest BCUT2D eigenvalue weighted by atomic mass is 35.5. The third-order valence-corrected chi connectivity index (χ3v) is 5.51. The molecule has 0 unspecified atom stereocenters. The van der Waals surface area contributed by atoms with Crippen LogP contribution in [0.5, 0.6) is 0 Å². The van der Waals surface area contributed by atoms with E-state index >= 15 is 0 Å². The summed E-state index contributed by atoms with van der Waals surface area (Å²) in [6.45, 7) is -0.331. The number of hydrogen-bond donors (Lipinski definition) is 1. The van der Waals surface area contributed by atoms with Crippen LogP contribution in [0.15, 0.2) is 48.5 Å². The number of benzene rings is 2. The normalized spacial score (nSPS) is 11.9. The SMILES string of the molecule is CS(=O)(=O)N(CC(=O)NCCCc1ccccc1)c1ccc(Cl)c(C(F)(F)F)c1. The molecule has 2 rings (SSSR count). The molecular formula is C19H20ClF3N2O3S. The molecule has 0 heterocycles. The van der Waals surface area contributed by atoms with Crippen molar-refractivity contribution >= 4 is 33.2 Å². The van der Waals surface area contributed by atoms with Crippen LogP contribution < -0.4 is 9.62 Å². The van der Waals surface area contributed by atoms with E-state index < -0.39 is 39.2 Å². The van der Waals surface area contributed by atoms with E-state index in [0.29, 0.717) is 23.3 Å². The Morgan fingerprint density at radius 1 is 1.14 bits per heavy atom. The highest BCUT2D eigenvalue weighted by Crippen LogP contribution is 2.37. The van der Waals surface area contributed by atoms with Gasteiger partial charge in [-0.05, 0) is 36.6 Å². The molecule has 29 heavy (non-hydrogen) atoms. The summed E-state index contributed by atoms with van der Waals surface area (Å²) < 4.78 is 63.9. The van der Waals surface area contributed by atoms with Gasteiger partial charge in [0, 0.05) is 6.54 Å². The van der Waals surface area contributed by atoms with Crippen molar-refractivity contribution in [2.45, 2.75) is 19.0 Å². The molecule has 5 nitrogen and oxygen atoms in total. The number of carbonyl (C=O) groups excluding carboxylic acids is 1. The fraction of sp³-hybridized carbons (Fsp3) is 0.316. The van der Waals surface area contributed by atoms with Crippen LogP contribution in [0.2, 0.25) is 5.02 Å². The number of rotatable bonds is 8. The largest absolute Gasteiger partial charge is 0.417 e. The van der Waals surface area contributed by atoms with E-state index in [4.69, 9.17) is 11.6 Å². The summed E-state index contributed by atoms with van der Waals surface area (Å²) in [7, 11) is -4.00. The van der Waals surface area contributed by atoms with E-state index in [-0.39, 0.29) is 5.69 Å². The van der Waals surface area contributed by atoms with Gasteiger partial charge in [-0.25, -0.2) is 8.42 Å². The fourth-order valence-corrected chi connectivity index (χ4v) is 3.71. The van der Waals surface area contributed by atoms with E-state index in [1.807, 2.05) is 30.3 Å². The van der Waals surface area contributed by atoms with Gasteiger partial charge in [0.2, 0.25) is 15.9 Å². The first kappa shape index (κ1) is 23.0. The van der Waals surface area contributed by atoms with Crippen molar-refractivity contribution in [2.75, 3.05) is 23.7 Å². The second-order valence-electron chi connectivity index (χ2n) is 6.37. The Labute approximate surface area is 172 Å². The van der Waals surface area contributed by atoms with Gasteiger partial charge in [0.25, 0.3) is 0 Å². The Hall–Kier alpha value is -2.26. The Bertz CT molecular complexity index is 951. The molecule has 0 aliphatic carbocycles. The molecule has 0 bridgehead atoms. The number of anilines is 1. The van der Waals surface area contributed by atoms with Crippen LogP contribution in [0, 0.1) is 0 Å². The van der Waals surface area contributed by atoms with Crippen molar-refractivity contribution in [3.05, 3.63) is 64.7 Å². The molecule has 0 fully saturated rings. The minimum atomic E-state index is -4.75. The maximum absolute atomic E-state index is 13.1. The molecular weight excluding hydrogens is 429 g/mol. The minimum absolute atomic E-state index is 0.288. The van der Waals surface area contributed by atoms with Gasteiger partial charge in [0.05, 0.1) is 22.5 Å². The predicted molar refractivity (Wildman–Crippen MR) is 106 cm³/mol. The van der Waals surface area contributed by atoms with Crippen molar-refractivity contribution in [2.24, 2.45) is 0 Å². The van der Waals surface area contributed by atoms with Gasteiger partial charge in [-0.15, -0.1) is 0 Å². The second-order valence-corrected chi connectivity index (χ2v) is 8.68. The summed E-state index contributed by atoms with van der Waals surface area (Å²) in [4.78, 5) is 12.2. The number of nitrogens with one attached hydrogen (secondary N) is 1. The molecule has 0 aromatic heterocycles. The number of halogens is 4. The van der Waals surface area contributed by atoms with E-state index in [2.05, 4.69) is 5.32 Å². The van der Waals surface area contributed by atoms with E-state index in [1.54, 1.807) is 0 Å². The van der Waals surface area contributed by atoms with Gasteiger partial charge in [-0.2, -0.15) is 13.2 Å². The average molecular weight is 449 g/mol. The summed E-state index contributed by atoms with van der Waals surface area (Å²) in [5.41, 5.74) is -0.363. The van der Waals surface area contributed by atoms with Gasteiger partial charge < -0.3 is 5.32 Å². The highest BCUT2D eigenvalue weighted by molar-refractivity contribution is 7.92. The molecule has 0 aliphatic rings. The Morgan fingerprint density at radius 2 is 1.79 bits per heavy atom. The van der Waals surface area contributed by atoms with Crippen LogP contribution in [0.3, 0.4) is 0 Å². The lowest BCUT2D eigenvalue weighted by molar-refractivity contribution is -0.137. The summed E-state index contributed by atoms with van der Waals surface area (Å²) in [6.07, 6.45) is -2.58. The summed E-state index contributed by atoms with van der Waals surface area (Å²) in [6, 6.07) is 12.3. The van der Waals surface area contributed by atoms with E-state index in [0.717, 1.165) is 30.4 Å². The molecule has 0 radical (unpaired) electrons. The first-order chi connectivity index (χ1) is 13.5. The molecule has 1 N–H and O–H groups in total. The highest BCUT2D eigenvalue weighted by Gasteiger charge is 2.34. The van der Waals surface area contributed by atoms with Crippen molar-refractivity contribution in [3.63, 3.8) is 0 Å². The smallest absolute Gasteiger partial charge is 0.355 e. The number of nitrogens with zero attached hydrogens (tertiary/aromatic N) is 1. The number of sulfonamides is 1. The quantitative estimate of drug-likeness (QED) is 0.623. The molecule has 158 valence electrons. The third kappa shape index (κ3) is 6.93. The molecule has 2 aromatic rings. The lowest BCUT2D eigenvalue weighted by Crippen LogP contribution is -2.40. The number of hydrogen-bond acceptors (Lipinski definition) is 3. The lowest BCUT2D eigenvalue weighted by atomic mass is 10.1. The first-order valence-electron chi connectivity index (χ1n) is 8.63. The zero-order valence-electron chi connectivity index (χ0n) is 15.5. The second kappa shape index (κ2) is 9.49. The van der Waals surface area contributed by atoms with Crippen LogP contribution in [0.25, 0.3) is 0 Å². The monoisotopic (exact) mass is 448 g/mol. The Morgan fingerprint density at radius 3 is 2.38 bits per heavy atom. The van der Waals surface area contributed by atoms with E-state index in [1.165, 1.54) is 0 Å². The van der Waals surface area contributed by atoms with Gasteiger partial charge >= 0.3 is 6.18 Å². The zero-order chi connectivity index (χ0) is 21.7. The molecule has 1 amide bonds. The number of amides is 1. The van der Waals surface area contributed by atoms with Crippen LogP contribution >= 0.6 is 11.6 Å². The fourth-order valence-electron chi connectivity index (χ4n) is 2.64. The predicted octanol–water partition coefficient (Wildman–Crippen LogP) is 3.87. The molecule has 0 saturated heterocycles. The minimum Gasteiger partial charge on any atom is -0.355 e. The van der Waals surface area contributed by atoms with Gasteiger partial charge in [-0.1, -0.05) is 41.9 Å². The zero-order valence-corrected chi connectivity index (χ0v) is 17.1. The molecule has 2 aromatic carbocycles. The molecule has 10 heteroatoms. The van der Waals surface area contributed by atoms with E-state index in [9.17, 15) is 26.4 Å². The van der Waals surface area contributed by atoms with Gasteiger partial charge in [-0.3, -0.25) is 9.10 Å². The number of alkyl halides is 3. The van der Waals surface area contributed by atoms with Crippen LogP contribution in [0.1, 0.15) is 17.5 Å². The third-order valence-electron chi connectivity index (χ3n) is 4.04. The van der Waals surface area contributed by atoms with Gasteiger partial charge in [0.1, 0.15) is 6.54 Å². The molecule has 0 spiro atoms. The van der Waals surface area contributed by atoms with Crippen molar-refractivity contribution in [1.29, 1.82) is 0 Å². The maximum atomic E-state index is 13.1. The number of aryl methyl sites for hydroxylation is 1. The Balaban J connectivity index is 2.05. The van der Waals surface area contributed by atoms with Crippen LogP contribution in [-0.2, 0) is 27.4 Å². The molecule has 0 atom stereocenters. The first-order valence-corrected chi connectivity index (χ1v) is 10.9. The molecule has 0 saturated carbocycles. The van der Waals surface area contributed by atoms with Gasteiger partial charge in [0.15, 0.2) is 0 Å². The Kier molecular flexibility index (Phi) is 7.54. The number of carbonyl (C=O) groups is 1. The lowest BCUT2D eigenvalue weighted by Gasteiger charge is -2.23. The van der Waals surface area contributed by atoms with Crippen molar-refractivity contribution in [3.8, 4) is 0 Å². The molecule has 0 aliphatic heterocycles. The maximum Gasteiger partial charge on any atom is 0.417 e. The van der Waals surface area contributed by atoms with Crippen molar-refractivity contribution in [1.82, 2.24) is 5.32 Å². The topological polar surface area (TPSA) is 66.5 Å². The summed E-state index contributed by atoms with van der Waals surface area (Å²) in [5.74, 6) is -0.619. The summed E-state index contributed by atoms with van der Waals surface area (Å²) >= 11 is 5.57.